The van der Waals surface area contributed by atoms with Crippen LogP contribution < -0.4 is 5.32 Å². The van der Waals surface area contributed by atoms with Crippen LogP contribution in [0.3, 0.4) is 0 Å². The first-order valence-electron chi connectivity index (χ1n) is 6.17. The molecule has 0 fully saturated rings. The third-order valence-corrected chi connectivity index (χ3v) is 2.98. The van der Waals surface area contributed by atoms with Gasteiger partial charge in [-0.1, -0.05) is 18.2 Å². The Hall–Kier alpha value is -2.88. The lowest BCUT2D eigenvalue weighted by molar-refractivity contribution is 0.102. The molecule has 1 heterocycles. The number of benzene rings is 2. The molecule has 0 atom stereocenters. The van der Waals surface area contributed by atoms with Crippen molar-refractivity contribution in [3.8, 4) is 5.75 Å². The lowest BCUT2D eigenvalue weighted by Gasteiger charge is -2.06. The van der Waals surface area contributed by atoms with Gasteiger partial charge in [0.15, 0.2) is 0 Å². The molecular formula is C16H12N2O2. The minimum atomic E-state index is -0.234. The number of pyridine rings is 1. The standard InChI is InChI=1S/C16H12N2O2/c19-14-7-5-11(6-8-14)16(20)18-13-9-12-3-1-2-4-15(12)17-10-13/h1-10,19H,(H,18,20). The molecule has 3 aromatic rings. The summed E-state index contributed by atoms with van der Waals surface area (Å²) in [6, 6.07) is 15.7. The van der Waals surface area contributed by atoms with Crippen LogP contribution in [0.25, 0.3) is 10.9 Å². The highest BCUT2D eigenvalue weighted by molar-refractivity contribution is 6.04. The summed E-state index contributed by atoms with van der Waals surface area (Å²) in [7, 11) is 0. The molecule has 2 aromatic carbocycles. The SMILES string of the molecule is O=C(Nc1cnc2ccccc2c1)c1ccc(O)cc1. The van der Waals surface area contributed by atoms with Crippen molar-refractivity contribution in [2.45, 2.75) is 0 Å². The quantitative estimate of drug-likeness (QED) is 0.747. The van der Waals surface area contributed by atoms with Gasteiger partial charge in [-0.2, -0.15) is 0 Å². The molecule has 4 nitrogen and oxygen atoms in total. The number of anilines is 1. The summed E-state index contributed by atoms with van der Waals surface area (Å²) in [5.41, 5.74) is 2.01. The maximum absolute atomic E-state index is 12.0. The fourth-order valence-corrected chi connectivity index (χ4v) is 1.96. The second-order valence-electron chi connectivity index (χ2n) is 4.42. The summed E-state index contributed by atoms with van der Waals surface area (Å²) >= 11 is 0. The van der Waals surface area contributed by atoms with Gasteiger partial charge in [-0.15, -0.1) is 0 Å². The van der Waals surface area contributed by atoms with Crippen molar-refractivity contribution in [3.63, 3.8) is 0 Å². The zero-order valence-electron chi connectivity index (χ0n) is 10.6. The zero-order valence-corrected chi connectivity index (χ0v) is 10.6. The maximum atomic E-state index is 12.0. The molecular weight excluding hydrogens is 252 g/mol. The van der Waals surface area contributed by atoms with Crippen molar-refractivity contribution in [2.75, 3.05) is 5.32 Å². The van der Waals surface area contributed by atoms with Crippen LogP contribution in [0.1, 0.15) is 10.4 Å². The van der Waals surface area contributed by atoms with Gasteiger partial charge in [-0.05, 0) is 36.4 Å². The van der Waals surface area contributed by atoms with Crippen LogP contribution in [0, 0.1) is 0 Å². The van der Waals surface area contributed by atoms with Gasteiger partial charge in [-0.3, -0.25) is 9.78 Å². The smallest absolute Gasteiger partial charge is 0.255 e. The topological polar surface area (TPSA) is 62.2 Å². The number of aromatic hydroxyl groups is 1. The van der Waals surface area contributed by atoms with E-state index in [1.807, 2.05) is 30.3 Å². The van der Waals surface area contributed by atoms with Crippen molar-refractivity contribution in [1.29, 1.82) is 0 Å². The molecule has 20 heavy (non-hydrogen) atoms. The Labute approximate surface area is 115 Å². The van der Waals surface area contributed by atoms with E-state index >= 15 is 0 Å². The predicted octanol–water partition coefficient (Wildman–Crippen LogP) is 3.19. The fourth-order valence-electron chi connectivity index (χ4n) is 1.96. The fraction of sp³-hybridized carbons (Fsp3) is 0. The van der Waals surface area contributed by atoms with Crippen molar-refractivity contribution < 1.29 is 9.90 Å². The number of carbonyl (C=O) groups is 1. The second kappa shape index (κ2) is 5.01. The van der Waals surface area contributed by atoms with Crippen LogP contribution in [-0.2, 0) is 0 Å². The van der Waals surface area contributed by atoms with Gasteiger partial charge in [0.25, 0.3) is 5.91 Å². The van der Waals surface area contributed by atoms with Crippen molar-refractivity contribution in [1.82, 2.24) is 4.98 Å². The van der Waals surface area contributed by atoms with Gasteiger partial charge < -0.3 is 10.4 Å². The van der Waals surface area contributed by atoms with Crippen LogP contribution in [0.4, 0.5) is 5.69 Å². The highest BCUT2D eigenvalue weighted by Gasteiger charge is 2.06. The Morgan fingerprint density at radius 1 is 1.05 bits per heavy atom. The van der Waals surface area contributed by atoms with E-state index in [1.54, 1.807) is 18.3 Å². The van der Waals surface area contributed by atoms with E-state index < -0.39 is 0 Å². The van der Waals surface area contributed by atoms with Crippen LogP contribution in [0.15, 0.2) is 60.8 Å². The van der Waals surface area contributed by atoms with Crippen LogP contribution >= 0.6 is 0 Å². The first kappa shape index (κ1) is 12.2. The summed E-state index contributed by atoms with van der Waals surface area (Å²) in [4.78, 5) is 16.3. The van der Waals surface area contributed by atoms with Crippen LogP contribution in [-0.4, -0.2) is 16.0 Å². The molecule has 3 rings (SSSR count). The molecule has 0 bridgehead atoms. The van der Waals surface area contributed by atoms with Gasteiger partial charge in [0.05, 0.1) is 17.4 Å². The summed E-state index contributed by atoms with van der Waals surface area (Å²) < 4.78 is 0. The molecule has 1 aromatic heterocycles. The van der Waals surface area contributed by atoms with Gasteiger partial charge in [0.2, 0.25) is 0 Å². The van der Waals surface area contributed by atoms with Gasteiger partial charge in [0.1, 0.15) is 5.75 Å². The number of carbonyl (C=O) groups excluding carboxylic acids is 1. The average molecular weight is 264 g/mol. The summed E-state index contributed by atoms with van der Waals surface area (Å²) in [5, 5.41) is 13.0. The molecule has 0 aliphatic rings. The molecule has 0 saturated carbocycles. The van der Waals surface area contributed by atoms with E-state index in [2.05, 4.69) is 10.3 Å². The Kier molecular flexibility index (Phi) is 3.05. The lowest BCUT2D eigenvalue weighted by atomic mass is 10.2. The monoisotopic (exact) mass is 264 g/mol. The lowest BCUT2D eigenvalue weighted by Crippen LogP contribution is -2.11. The number of phenolic OH excluding ortho intramolecular Hbond substituents is 1. The molecule has 0 saturated heterocycles. The molecule has 0 radical (unpaired) electrons. The highest BCUT2D eigenvalue weighted by atomic mass is 16.3. The minimum absolute atomic E-state index is 0.133. The number of rotatable bonds is 2. The normalized spacial score (nSPS) is 10.4. The molecule has 0 aliphatic carbocycles. The maximum Gasteiger partial charge on any atom is 0.255 e. The molecule has 0 spiro atoms. The summed E-state index contributed by atoms with van der Waals surface area (Å²) in [6.45, 7) is 0. The van der Waals surface area contributed by atoms with E-state index in [9.17, 15) is 9.90 Å². The number of nitrogens with one attached hydrogen (secondary N) is 1. The summed E-state index contributed by atoms with van der Waals surface area (Å²) in [5.74, 6) is -0.101. The Morgan fingerprint density at radius 3 is 2.60 bits per heavy atom. The number of fused-ring (bicyclic) bond motifs is 1. The third-order valence-electron chi connectivity index (χ3n) is 2.98. The molecule has 1 amide bonds. The number of amides is 1. The van der Waals surface area contributed by atoms with Gasteiger partial charge in [0, 0.05) is 10.9 Å². The molecule has 0 aliphatic heterocycles. The number of aromatic nitrogens is 1. The number of hydrogen-bond donors (Lipinski definition) is 2. The van der Waals surface area contributed by atoms with E-state index in [1.165, 1.54) is 12.1 Å². The van der Waals surface area contributed by atoms with Gasteiger partial charge in [-0.25, -0.2) is 0 Å². The average Bonchev–Trinajstić information content (AvgIpc) is 2.48. The predicted molar refractivity (Wildman–Crippen MR) is 77.8 cm³/mol. The summed E-state index contributed by atoms with van der Waals surface area (Å²) in [6.07, 6.45) is 1.63. The third kappa shape index (κ3) is 2.44. The zero-order chi connectivity index (χ0) is 13.9. The molecule has 0 unspecified atom stereocenters. The largest absolute Gasteiger partial charge is 0.508 e. The van der Waals surface area contributed by atoms with E-state index in [0.29, 0.717) is 11.3 Å². The Morgan fingerprint density at radius 2 is 1.80 bits per heavy atom. The van der Waals surface area contributed by atoms with Crippen LogP contribution in [0.5, 0.6) is 5.75 Å². The number of nitrogens with zero attached hydrogens (tertiary/aromatic N) is 1. The van der Waals surface area contributed by atoms with E-state index in [-0.39, 0.29) is 11.7 Å². The number of phenols is 1. The molecule has 98 valence electrons. The van der Waals surface area contributed by atoms with Crippen molar-refractivity contribution >= 4 is 22.5 Å². The molecule has 2 N–H and O–H groups in total. The molecule has 4 heteroatoms. The minimum Gasteiger partial charge on any atom is -0.508 e. The first-order chi connectivity index (χ1) is 9.72. The van der Waals surface area contributed by atoms with Crippen LogP contribution in [0.2, 0.25) is 0 Å². The van der Waals surface area contributed by atoms with E-state index in [4.69, 9.17) is 0 Å². The number of hydrogen-bond acceptors (Lipinski definition) is 3. The second-order valence-corrected chi connectivity index (χ2v) is 4.42. The Balaban J connectivity index is 1.85. The van der Waals surface area contributed by atoms with Crippen molar-refractivity contribution in [3.05, 3.63) is 66.4 Å². The first-order valence-corrected chi connectivity index (χ1v) is 6.17. The van der Waals surface area contributed by atoms with Crippen molar-refractivity contribution in [2.24, 2.45) is 0 Å². The van der Waals surface area contributed by atoms with E-state index in [0.717, 1.165) is 10.9 Å². The number of para-hydroxylation sites is 1. The highest BCUT2D eigenvalue weighted by Crippen LogP contribution is 2.17. The Bertz CT molecular complexity index is 767. The van der Waals surface area contributed by atoms with Gasteiger partial charge >= 0.3 is 0 Å².